The molecule has 0 unspecified atom stereocenters. The van der Waals surface area contributed by atoms with Crippen LogP contribution >= 0.6 is 0 Å². The molecule has 6 nitrogen and oxygen atoms in total. The summed E-state index contributed by atoms with van der Waals surface area (Å²) in [6.45, 7) is 9.80. The Kier molecular flexibility index (Phi) is 5.22. The van der Waals surface area contributed by atoms with E-state index in [1.807, 2.05) is 25.7 Å². The molecule has 0 radical (unpaired) electrons. The van der Waals surface area contributed by atoms with Crippen LogP contribution in [0, 0.1) is 13.8 Å². The molecule has 1 aromatic rings. The van der Waals surface area contributed by atoms with Crippen molar-refractivity contribution in [1.82, 2.24) is 15.4 Å². The Morgan fingerprint density at radius 1 is 1.43 bits per heavy atom. The van der Waals surface area contributed by atoms with Gasteiger partial charge in [-0.05, 0) is 33.6 Å². The number of amides is 2. The first-order valence-corrected chi connectivity index (χ1v) is 7.61. The lowest BCUT2D eigenvalue weighted by Gasteiger charge is -2.36. The monoisotopic (exact) mass is 295 g/mol. The van der Waals surface area contributed by atoms with Gasteiger partial charge in [0.05, 0.1) is 17.9 Å². The first kappa shape index (κ1) is 15.8. The van der Waals surface area contributed by atoms with Crippen molar-refractivity contribution >= 4 is 6.03 Å². The van der Waals surface area contributed by atoms with Gasteiger partial charge in [0.1, 0.15) is 5.76 Å². The molecule has 6 heteroatoms. The predicted molar refractivity (Wildman–Crippen MR) is 79.3 cm³/mol. The van der Waals surface area contributed by atoms with E-state index in [0.29, 0.717) is 19.6 Å². The minimum atomic E-state index is -0.0182. The number of morpholine rings is 1. The van der Waals surface area contributed by atoms with Crippen molar-refractivity contribution in [2.75, 3.05) is 19.6 Å². The predicted octanol–water partition coefficient (Wildman–Crippen LogP) is 2.04. The molecule has 2 amide bonds. The fourth-order valence-electron chi connectivity index (χ4n) is 2.70. The Morgan fingerprint density at radius 2 is 2.19 bits per heavy atom. The number of rotatable bonds is 4. The number of nitrogens with zero attached hydrogens (tertiary/aromatic N) is 2. The first-order valence-electron chi connectivity index (χ1n) is 7.61. The summed E-state index contributed by atoms with van der Waals surface area (Å²) in [4.78, 5) is 14.1. The van der Waals surface area contributed by atoms with E-state index in [0.717, 1.165) is 29.9 Å². The van der Waals surface area contributed by atoms with Crippen LogP contribution in [0.25, 0.3) is 0 Å². The maximum Gasteiger partial charge on any atom is 0.317 e. The van der Waals surface area contributed by atoms with Crippen LogP contribution in [0.1, 0.15) is 37.3 Å². The highest BCUT2D eigenvalue weighted by Crippen LogP contribution is 2.14. The number of urea groups is 1. The van der Waals surface area contributed by atoms with Crippen LogP contribution in [-0.4, -0.2) is 47.9 Å². The van der Waals surface area contributed by atoms with E-state index in [4.69, 9.17) is 9.26 Å². The van der Waals surface area contributed by atoms with E-state index in [1.54, 1.807) is 0 Å². The third-order valence-corrected chi connectivity index (χ3v) is 3.90. The van der Waals surface area contributed by atoms with Gasteiger partial charge in [-0.15, -0.1) is 0 Å². The Labute approximate surface area is 125 Å². The molecule has 21 heavy (non-hydrogen) atoms. The normalized spacial score (nSPS) is 22.4. The summed E-state index contributed by atoms with van der Waals surface area (Å²) in [6, 6.07) is -0.0182. The van der Waals surface area contributed by atoms with Crippen molar-refractivity contribution in [2.45, 2.75) is 52.7 Å². The first-order chi connectivity index (χ1) is 10.0. The lowest BCUT2D eigenvalue weighted by Crippen LogP contribution is -2.52. The highest BCUT2D eigenvalue weighted by molar-refractivity contribution is 5.74. The number of aromatic nitrogens is 1. The summed E-state index contributed by atoms with van der Waals surface area (Å²) in [5.41, 5.74) is 1.98. The zero-order chi connectivity index (χ0) is 15.4. The molecule has 0 saturated carbocycles. The van der Waals surface area contributed by atoms with Crippen LogP contribution < -0.4 is 5.32 Å². The molecular formula is C15H25N3O3. The highest BCUT2D eigenvalue weighted by Gasteiger charge is 2.27. The van der Waals surface area contributed by atoms with Crippen LogP contribution in [0.15, 0.2) is 4.52 Å². The summed E-state index contributed by atoms with van der Waals surface area (Å²) in [6.07, 6.45) is 1.90. The van der Waals surface area contributed by atoms with E-state index in [1.165, 1.54) is 0 Å². The standard InChI is InChI=1S/C15H25N3O3/c1-5-13-9-18(8-10(2)20-13)15(19)16-7-6-14-11(3)17-21-12(14)4/h10,13H,5-9H2,1-4H3,(H,16,19)/t10-,13+/m1/s1. The number of nitrogens with one attached hydrogen (secondary N) is 1. The molecule has 0 spiro atoms. The van der Waals surface area contributed by atoms with E-state index >= 15 is 0 Å². The zero-order valence-electron chi connectivity index (χ0n) is 13.3. The van der Waals surface area contributed by atoms with Crippen LogP contribution in [0.4, 0.5) is 4.79 Å². The largest absolute Gasteiger partial charge is 0.372 e. The molecule has 0 aromatic carbocycles. The molecule has 0 bridgehead atoms. The quantitative estimate of drug-likeness (QED) is 0.923. The minimum absolute atomic E-state index is 0.0182. The van der Waals surface area contributed by atoms with E-state index < -0.39 is 0 Å². The van der Waals surface area contributed by atoms with Gasteiger partial charge in [0, 0.05) is 25.2 Å². The van der Waals surface area contributed by atoms with Gasteiger partial charge in [0.25, 0.3) is 0 Å². The van der Waals surface area contributed by atoms with Gasteiger partial charge < -0.3 is 19.5 Å². The van der Waals surface area contributed by atoms with Gasteiger partial charge in [-0.3, -0.25) is 0 Å². The number of aryl methyl sites for hydroxylation is 2. The van der Waals surface area contributed by atoms with Gasteiger partial charge in [-0.1, -0.05) is 12.1 Å². The zero-order valence-corrected chi connectivity index (χ0v) is 13.3. The SMILES string of the molecule is CC[C@H]1CN(C(=O)NCCc2c(C)noc2C)C[C@@H](C)O1. The topological polar surface area (TPSA) is 67.6 Å². The van der Waals surface area contributed by atoms with Crippen LogP contribution in [0.3, 0.4) is 0 Å². The number of carbonyl (C=O) groups is 1. The van der Waals surface area contributed by atoms with Crippen molar-refractivity contribution in [3.8, 4) is 0 Å². The lowest BCUT2D eigenvalue weighted by atomic mass is 10.1. The molecule has 1 aliphatic heterocycles. The molecule has 1 fully saturated rings. The van der Waals surface area contributed by atoms with E-state index in [9.17, 15) is 4.79 Å². The average molecular weight is 295 g/mol. The van der Waals surface area contributed by atoms with E-state index in [2.05, 4.69) is 17.4 Å². The Bertz CT molecular complexity index is 467. The number of hydrogen-bond donors (Lipinski definition) is 1. The lowest BCUT2D eigenvalue weighted by molar-refractivity contribution is -0.0645. The van der Waals surface area contributed by atoms with Gasteiger partial charge in [0.15, 0.2) is 0 Å². The molecule has 2 rings (SSSR count). The summed E-state index contributed by atoms with van der Waals surface area (Å²) in [5.74, 6) is 0.827. The van der Waals surface area contributed by atoms with Crippen molar-refractivity contribution < 1.29 is 14.1 Å². The second kappa shape index (κ2) is 6.93. The molecule has 118 valence electrons. The second-order valence-electron chi connectivity index (χ2n) is 5.67. The Morgan fingerprint density at radius 3 is 2.81 bits per heavy atom. The molecule has 1 saturated heterocycles. The fourth-order valence-corrected chi connectivity index (χ4v) is 2.70. The maximum atomic E-state index is 12.2. The number of ether oxygens (including phenoxy) is 1. The summed E-state index contributed by atoms with van der Waals surface area (Å²) in [5, 5.41) is 6.89. The Hall–Kier alpha value is -1.56. The minimum Gasteiger partial charge on any atom is -0.372 e. The molecule has 1 N–H and O–H groups in total. The average Bonchev–Trinajstić information content (AvgIpc) is 2.78. The van der Waals surface area contributed by atoms with Crippen molar-refractivity contribution in [3.05, 3.63) is 17.0 Å². The third kappa shape index (κ3) is 3.97. The van der Waals surface area contributed by atoms with Gasteiger partial charge in [-0.25, -0.2) is 4.79 Å². The maximum absolute atomic E-state index is 12.2. The van der Waals surface area contributed by atoms with E-state index in [-0.39, 0.29) is 18.2 Å². The highest BCUT2D eigenvalue weighted by atomic mass is 16.5. The molecule has 2 atom stereocenters. The smallest absolute Gasteiger partial charge is 0.317 e. The molecule has 0 aliphatic carbocycles. The van der Waals surface area contributed by atoms with Crippen molar-refractivity contribution in [2.24, 2.45) is 0 Å². The third-order valence-electron chi connectivity index (χ3n) is 3.90. The van der Waals surface area contributed by atoms with Gasteiger partial charge >= 0.3 is 6.03 Å². The molecule has 2 heterocycles. The Balaban J connectivity index is 1.81. The van der Waals surface area contributed by atoms with Gasteiger partial charge in [-0.2, -0.15) is 0 Å². The summed E-state index contributed by atoms with van der Waals surface area (Å²) in [7, 11) is 0. The van der Waals surface area contributed by atoms with Crippen LogP contribution in [0.5, 0.6) is 0 Å². The van der Waals surface area contributed by atoms with Crippen molar-refractivity contribution in [3.63, 3.8) is 0 Å². The van der Waals surface area contributed by atoms with Crippen LogP contribution in [-0.2, 0) is 11.2 Å². The molecular weight excluding hydrogens is 270 g/mol. The second-order valence-corrected chi connectivity index (χ2v) is 5.67. The summed E-state index contributed by atoms with van der Waals surface area (Å²) < 4.78 is 10.9. The van der Waals surface area contributed by atoms with Crippen LogP contribution in [0.2, 0.25) is 0 Å². The molecule has 1 aromatic heterocycles. The number of carbonyl (C=O) groups excluding carboxylic acids is 1. The van der Waals surface area contributed by atoms with Crippen molar-refractivity contribution in [1.29, 1.82) is 0 Å². The summed E-state index contributed by atoms with van der Waals surface area (Å²) >= 11 is 0. The number of hydrogen-bond acceptors (Lipinski definition) is 4. The molecule has 1 aliphatic rings. The van der Waals surface area contributed by atoms with Gasteiger partial charge in [0.2, 0.25) is 0 Å². The fraction of sp³-hybridized carbons (Fsp3) is 0.733.